The van der Waals surface area contributed by atoms with Gasteiger partial charge in [0.2, 0.25) is 0 Å². The summed E-state index contributed by atoms with van der Waals surface area (Å²) in [5, 5.41) is 24.8. The molecule has 95 heavy (non-hydrogen) atoms. The lowest BCUT2D eigenvalue weighted by molar-refractivity contribution is -0.124. The molecule has 0 heterocycles. The van der Waals surface area contributed by atoms with E-state index in [1.54, 1.807) is 146 Å². The molecule has 9 amide bonds. The molecule has 9 N–H and O–H groups in total. The molecule has 24 nitrogen and oxygen atoms in total. The summed E-state index contributed by atoms with van der Waals surface area (Å²) in [5.41, 5.74) is 3.15. The van der Waals surface area contributed by atoms with E-state index < -0.39 is 0 Å². The van der Waals surface area contributed by atoms with E-state index in [0.717, 1.165) is 38.5 Å². The minimum absolute atomic E-state index is 0.0483. The molecule has 0 fully saturated rings. The van der Waals surface area contributed by atoms with E-state index in [4.69, 9.17) is 28.4 Å². The van der Waals surface area contributed by atoms with Crippen LogP contribution in [-0.2, 0) is 28.8 Å². The molecule has 0 spiro atoms. The fraction of sp³-hybridized carbons (Fsp3) is 0.366. The third kappa shape index (κ3) is 33.0. The molecular formula is C71H91N9O15. The van der Waals surface area contributed by atoms with Crippen LogP contribution in [0.2, 0.25) is 0 Å². The van der Waals surface area contributed by atoms with Crippen molar-refractivity contribution in [2.75, 3.05) is 81.8 Å². The molecule has 6 aromatic rings. The first-order valence-electron chi connectivity index (χ1n) is 31.7. The molecule has 24 heteroatoms. The van der Waals surface area contributed by atoms with Crippen LogP contribution in [0.3, 0.4) is 0 Å². The van der Waals surface area contributed by atoms with Crippen molar-refractivity contribution in [3.05, 3.63) is 162 Å². The predicted octanol–water partition coefficient (Wildman–Crippen LogP) is 9.02. The molecule has 0 aliphatic heterocycles. The van der Waals surface area contributed by atoms with Gasteiger partial charge in [0.1, 0.15) is 34.5 Å². The number of carbonyl (C=O) groups excluding carboxylic acids is 9. The van der Waals surface area contributed by atoms with Gasteiger partial charge in [0.25, 0.3) is 53.2 Å². The summed E-state index contributed by atoms with van der Waals surface area (Å²) in [5.74, 6) is 1.17. The minimum atomic E-state index is -0.283. The Labute approximate surface area is 556 Å². The number of anilines is 3. The largest absolute Gasteiger partial charge is 0.484 e. The Morgan fingerprint density at radius 1 is 0.295 bits per heavy atom. The number of amides is 9. The Hall–Kier alpha value is -10.7. The Balaban J connectivity index is 0.000000305. The highest BCUT2D eigenvalue weighted by Crippen LogP contribution is 2.22. The van der Waals surface area contributed by atoms with Gasteiger partial charge in [-0.25, -0.2) is 0 Å². The van der Waals surface area contributed by atoms with Crippen LogP contribution in [0.15, 0.2) is 146 Å². The van der Waals surface area contributed by atoms with Crippen LogP contribution in [0.1, 0.15) is 125 Å². The zero-order chi connectivity index (χ0) is 69.2. The molecule has 0 aliphatic carbocycles. The summed E-state index contributed by atoms with van der Waals surface area (Å²) in [6.07, 6.45) is 6.30. The van der Waals surface area contributed by atoms with Gasteiger partial charge in [-0.05, 0) is 200 Å². The standard InChI is InChI=1S/C27H37N3O5.C23H29N3O5.C21H25N3O5/c1-3-5-7-17-28-25(31)19-34-23-13-9-21(10-14-23)27(33)30-22-11-15-24(16-12-22)35-20-26(32)29-18-8-6-4-2;1-15(2)24-21(27)13-30-19-9-5-17(6-10-19)23(29)26-18-7-11-20(12-8-18)31-14-22(28)25-16(3)4;1-3-22-19(25)13-28-17-9-5-15(6-10-17)21(27)24-16-7-11-18(12-8-16)29-14-20(26)23-4-2/h9-16H,3-8,17-20H2,1-2H3,(H,28,31)(H,29,32)(H,30,33);5-12,15-16H,13-14H2,1-4H3,(H,24,27)(H,25,28)(H,26,29);5-12H,3-4,13-14H2,1-2H3,(H,22,25)(H,23,26)(H,24,27). The van der Waals surface area contributed by atoms with Crippen molar-refractivity contribution in [1.29, 1.82) is 0 Å². The molecule has 0 bridgehead atoms. The molecule has 6 aromatic carbocycles. The van der Waals surface area contributed by atoms with Gasteiger partial charge in [-0.3, -0.25) is 43.2 Å². The van der Waals surface area contributed by atoms with Crippen molar-refractivity contribution in [3.63, 3.8) is 0 Å². The molecule has 0 radical (unpaired) electrons. The Bertz CT molecular complexity index is 3310. The quantitative estimate of drug-likeness (QED) is 0.0166. The van der Waals surface area contributed by atoms with E-state index in [0.29, 0.717) is 94.4 Å². The van der Waals surface area contributed by atoms with Gasteiger partial charge in [-0.1, -0.05) is 39.5 Å². The summed E-state index contributed by atoms with van der Waals surface area (Å²) in [6.45, 7) is 17.4. The van der Waals surface area contributed by atoms with Crippen LogP contribution >= 0.6 is 0 Å². The number of ether oxygens (including phenoxy) is 6. The van der Waals surface area contributed by atoms with Crippen molar-refractivity contribution in [3.8, 4) is 34.5 Å². The first-order chi connectivity index (χ1) is 45.7. The topological polar surface area (TPSA) is 317 Å². The van der Waals surface area contributed by atoms with Gasteiger partial charge < -0.3 is 76.3 Å². The second-order valence-corrected chi connectivity index (χ2v) is 21.7. The zero-order valence-electron chi connectivity index (χ0n) is 55.4. The molecule has 6 rings (SSSR count). The van der Waals surface area contributed by atoms with Gasteiger partial charge in [-0.15, -0.1) is 0 Å². The van der Waals surface area contributed by atoms with Gasteiger partial charge >= 0.3 is 0 Å². The Morgan fingerprint density at radius 2 is 0.516 bits per heavy atom. The van der Waals surface area contributed by atoms with E-state index in [1.165, 1.54) is 0 Å². The van der Waals surface area contributed by atoms with Crippen LogP contribution < -0.4 is 76.3 Å². The first-order valence-corrected chi connectivity index (χ1v) is 31.7. The molecule has 0 aliphatic rings. The number of benzene rings is 6. The third-order valence-electron chi connectivity index (χ3n) is 12.8. The number of unbranched alkanes of at least 4 members (excludes halogenated alkanes) is 4. The van der Waals surface area contributed by atoms with Crippen molar-refractivity contribution >= 4 is 70.2 Å². The highest BCUT2D eigenvalue weighted by atomic mass is 16.5. The first kappa shape index (κ1) is 76.8. The predicted molar refractivity (Wildman–Crippen MR) is 364 cm³/mol. The lowest BCUT2D eigenvalue weighted by atomic mass is 10.2. The maximum Gasteiger partial charge on any atom is 0.258 e. The van der Waals surface area contributed by atoms with E-state index >= 15 is 0 Å². The molecule has 0 unspecified atom stereocenters. The van der Waals surface area contributed by atoms with Crippen LogP contribution in [0.4, 0.5) is 17.1 Å². The maximum atomic E-state index is 12.5. The molecule has 0 saturated heterocycles. The van der Waals surface area contributed by atoms with Crippen molar-refractivity contribution in [1.82, 2.24) is 31.9 Å². The average Bonchev–Trinajstić information content (AvgIpc) is 1.53. The lowest BCUT2D eigenvalue weighted by Crippen LogP contribution is -2.34. The summed E-state index contributed by atoms with van der Waals surface area (Å²) in [7, 11) is 0. The van der Waals surface area contributed by atoms with E-state index in [2.05, 4.69) is 61.7 Å². The fourth-order valence-corrected chi connectivity index (χ4v) is 8.05. The zero-order valence-corrected chi connectivity index (χ0v) is 55.4. The van der Waals surface area contributed by atoms with Crippen molar-refractivity contribution in [2.24, 2.45) is 0 Å². The lowest BCUT2D eigenvalue weighted by Gasteiger charge is -2.11. The smallest absolute Gasteiger partial charge is 0.258 e. The van der Waals surface area contributed by atoms with Gasteiger partial charge in [0.15, 0.2) is 39.6 Å². The average molecular weight is 1310 g/mol. The molecular weight excluding hydrogens is 1220 g/mol. The second-order valence-electron chi connectivity index (χ2n) is 21.7. The Kier molecular flexibility index (Phi) is 35.6. The number of likely N-dealkylation sites (N-methyl/N-ethyl adjacent to an activating group) is 2. The van der Waals surface area contributed by atoms with Crippen LogP contribution in [0.25, 0.3) is 0 Å². The Morgan fingerprint density at radius 3 is 0.737 bits per heavy atom. The molecule has 0 aromatic heterocycles. The van der Waals surface area contributed by atoms with Gasteiger partial charge in [0.05, 0.1) is 0 Å². The van der Waals surface area contributed by atoms with E-state index in [1.807, 2.05) is 41.5 Å². The van der Waals surface area contributed by atoms with E-state index in [9.17, 15) is 43.2 Å². The highest BCUT2D eigenvalue weighted by Gasteiger charge is 2.13. The van der Waals surface area contributed by atoms with Gasteiger partial charge in [-0.2, -0.15) is 0 Å². The number of rotatable bonds is 36. The summed E-state index contributed by atoms with van der Waals surface area (Å²) >= 11 is 0. The van der Waals surface area contributed by atoms with Crippen LogP contribution in [0, 0.1) is 0 Å². The number of carbonyl (C=O) groups is 9. The normalized spacial score (nSPS) is 10.3. The SMILES string of the molecule is CC(C)NC(=O)COc1ccc(NC(=O)c2ccc(OCC(=O)NC(C)C)cc2)cc1.CCCCCNC(=O)COc1ccc(NC(=O)c2ccc(OCC(=O)NCCCCC)cc2)cc1.CCNC(=O)COc1ccc(NC(=O)c2ccc(OCC(=O)NCC)cc2)cc1. The van der Waals surface area contributed by atoms with Gasteiger partial charge in [0, 0.05) is 72.0 Å². The van der Waals surface area contributed by atoms with Crippen molar-refractivity contribution in [2.45, 2.75) is 106 Å². The number of nitrogens with one attached hydrogen (secondary N) is 9. The molecule has 0 atom stereocenters. The summed E-state index contributed by atoms with van der Waals surface area (Å²) in [4.78, 5) is 107. The van der Waals surface area contributed by atoms with Crippen LogP contribution in [-0.4, -0.2) is 131 Å². The molecule has 510 valence electrons. The van der Waals surface area contributed by atoms with Crippen LogP contribution in [0.5, 0.6) is 34.5 Å². The van der Waals surface area contributed by atoms with Crippen molar-refractivity contribution < 1.29 is 71.6 Å². The van der Waals surface area contributed by atoms with E-state index in [-0.39, 0.29) is 105 Å². The minimum Gasteiger partial charge on any atom is -0.484 e. The fourth-order valence-electron chi connectivity index (χ4n) is 8.05. The second kappa shape index (κ2) is 44.0. The molecule has 0 saturated carbocycles. The maximum absolute atomic E-state index is 12.5. The summed E-state index contributed by atoms with van der Waals surface area (Å²) < 4.78 is 32.5. The summed E-state index contributed by atoms with van der Waals surface area (Å²) in [6, 6.07) is 40.0. The third-order valence-corrected chi connectivity index (χ3v) is 12.8. The number of hydrogen-bond acceptors (Lipinski definition) is 15. The highest BCUT2D eigenvalue weighted by molar-refractivity contribution is 6.05. The monoisotopic (exact) mass is 1310 g/mol. The number of hydrogen-bond donors (Lipinski definition) is 9.